The molecule has 0 radical (unpaired) electrons. The smallest absolute Gasteiger partial charge is 0.329 e. The monoisotopic (exact) mass is 380 g/mol. The fraction of sp³-hybridized carbons (Fsp3) is 0.545. The molecule has 0 N–H and O–H groups in total. The van der Waals surface area contributed by atoms with Crippen molar-refractivity contribution in [1.29, 1.82) is 5.26 Å². The molecule has 2 heterocycles. The van der Waals surface area contributed by atoms with Crippen molar-refractivity contribution < 1.29 is 9.53 Å². The summed E-state index contributed by atoms with van der Waals surface area (Å²) < 4.78 is 5.43. The zero-order chi connectivity index (χ0) is 20.1. The van der Waals surface area contributed by atoms with Gasteiger partial charge in [0.1, 0.15) is 5.69 Å². The second kappa shape index (κ2) is 9.01. The molecule has 2 atom stereocenters. The number of piperidine rings is 1. The molecule has 0 spiro atoms. The van der Waals surface area contributed by atoms with Gasteiger partial charge in [0.15, 0.2) is 11.7 Å². The van der Waals surface area contributed by atoms with Crippen molar-refractivity contribution in [3.63, 3.8) is 0 Å². The van der Waals surface area contributed by atoms with E-state index in [0.29, 0.717) is 29.6 Å². The topological polar surface area (TPSA) is 79.1 Å². The Labute approximate surface area is 166 Å². The minimum absolute atomic E-state index is 0.258. The Morgan fingerprint density at radius 2 is 1.93 bits per heavy atom. The van der Waals surface area contributed by atoms with Crippen LogP contribution in [-0.4, -0.2) is 35.6 Å². The van der Waals surface area contributed by atoms with Crippen LogP contribution in [0, 0.1) is 23.2 Å². The van der Waals surface area contributed by atoms with Gasteiger partial charge in [-0.05, 0) is 36.8 Å². The highest BCUT2D eigenvalue weighted by atomic mass is 16.5. The van der Waals surface area contributed by atoms with Crippen molar-refractivity contribution in [3.8, 4) is 6.07 Å². The van der Waals surface area contributed by atoms with Gasteiger partial charge < -0.3 is 9.64 Å². The number of benzene rings is 1. The Hall–Kier alpha value is -2.68. The quantitative estimate of drug-likeness (QED) is 0.703. The van der Waals surface area contributed by atoms with Crippen LogP contribution in [0.4, 0.5) is 5.82 Å². The van der Waals surface area contributed by atoms with Gasteiger partial charge in [-0.2, -0.15) is 5.26 Å². The van der Waals surface area contributed by atoms with Crippen LogP contribution in [0.1, 0.15) is 51.6 Å². The number of anilines is 1. The Morgan fingerprint density at radius 1 is 1.29 bits per heavy atom. The maximum atomic E-state index is 12.7. The first-order valence-corrected chi connectivity index (χ1v) is 10.1. The molecule has 6 heteroatoms. The number of ether oxygens (including phenoxy) is 1. The molecule has 1 aromatic heterocycles. The molecule has 0 aliphatic carbocycles. The fourth-order valence-electron chi connectivity index (χ4n) is 3.30. The Kier molecular flexibility index (Phi) is 6.45. The summed E-state index contributed by atoms with van der Waals surface area (Å²) in [4.78, 5) is 24.3. The predicted molar refractivity (Wildman–Crippen MR) is 109 cm³/mol. The highest BCUT2D eigenvalue weighted by Crippen LogP contribution is 2.30. The molecule has 28 heavy (non-hydrogen) atoms. The van der Waals surface area contributed by atoms with Gasteiger partial charge >= 0.3 is 5.97 Å². The lowest BCUT2D eigenvalue weighted by Crippen LogP contribution is -2.35. The molecule has 0 amide bonds. The van der Waals surface area contributed by atoms with Gasteiger partial charge in [0.05, 0.1) is 23.7 Å². The summed E-state index contributed by atoms with van der Waals surface area (Å²) in [5, 5.41) is 9.77. The lowest BCUT2D eigenvalue weighted by atomic mass is 9.98. The van der Waals surface area contributed by atoms with Crippen molar-refractivity contribution in [2.75, 3.05) is 24.6 Å². The number of carbonyl (C=O) groups excluding carboxylic acids is 1. The number of hydrogen-bond donors (Lipinski definition) is 0. The van der Waals surface area contributed by atoms with Crippen molar-refractivity contribution in [2.24, 2.45) is 11.8 Å². The van der Waals surface area contributed by atoms with E-state index in [1.165, 1.54) is 0 Å². The second-order valence-corrected chi connectivity index (χ2v) is 7.80. The summed E-state index contributed by atoms with van der Waals surface area (Å²) in [6.45, 7) is 8.32. The summed E-state index contributed by atoms with van der Waals surface area (Å²) in [5.74, 6) is -0.0541. The van der Waals surface area contributed by atoms with Gasteiger partial charge in [0.2, 0.25) is 0 Å². The van der Waals surface area contributed by atoms with E-state index in [-0.39, 0.29) is 5.92 Å². The summed E-state index contributed by atoms with van der Waals surface area (Å²) in [5.41, 5.74) is 1.86. The van der Waals surface area contributed by atoms with Crippen LogP contribution in [0.2, 0.25) is 0 Å². The van der Waals surface area contributed by atoms with Crippen LogP contribution >= 0.6 is 0 Å². The number of hydrogen-bond acceptors (Lipinski definition) is 6. The van der Waals surface area contributed by atoms with Crippen LogP contribution in [0.3, 0.4) is 0 Å². The maximum absolute atomic E-state index is 12.7. The fourth-order valence-corrected chi connectivity index (χ4v) is 3.30. The van der Waals surface area contributed by atoms with E-state index in [1.54, 1.807) is 0 Å². The van der Waals surface area contributed by atoms with Gasteiger partial charge in [-0.3, -0.25) is 4.79 Å². The van der Waals surface area contributed by atoms with Crippen LogP contribution in [0.5, 0.6) is 0 Å². The molecule has 148 valence electrons. The predicted octanol–water partition coefficient (Wildman–Crippen LogP) is 4.06. The molecule has 0 saturated carbocycles. The molecule has 6 nitrogen and oxygen atoms in total. The molecule has 0 unspecified atom stereocenters. The SMILES string of the molecule is CC[C@@H](C)COC(=O)[C@H](C#N)c1nc2ccccc2nc1N1CCC(C)CC1. The van der Waals surface area contributed by atoms with Crippen molar-refractivity contribution in [2.45, 2.75) is 46.0 Å². The molecule has 1 fully saturated rings. The molecule has 1 aliphatic rings. The van der Waals surface area contributed by atoms with Gasteiger partial charge in [-0.15, -0.1) is 0 Å². The van der Waals surface area contributed by atoms with Crippen molar-refractivity contribution >= 4 is 22.8 Å². The number of para-hydroxylation sites is 2. The van der Waals surface area contributed by atoms with Gasteiger partial charge in [-0.1, -0.05) is 39.3 Å². The Morgan fingerprint density at radius 3 is 2.54 bits per heavy atom. The lowest BCUT2D eigenvalue weighted by molar-refractivity contribution is -0.145. The van der Waals surface area contributed by atoms with E-state index in [0.717, 1.165) is 37.9 Å². The first-order valence-electron chi connectivity index (χ1n) is 10.1. The molecule has 2 aromatic rings. The highest BCUT2D eigenvalue weighted by molar-refractivity contribution is 5.85. The summed E-state index contributed by atoms with van der Waals surface area (Å²) in [6, 6.07) is 9.67. The highest BCUT2D eigenvalue weighted by Gasteiger charge is 2.31. The van der Waals surface area contributed by atoms with E-state index in [1.807, 2.05) is 38.1 Å². The van der Waals surface area contributed by atoms with E-state index in [4.69, 9.17) is 9.72 Å². The van der Waals surface area contributed by atoms with Crippen LogP contribution < -0.4 is 4.90 Å². The number of esters is 1. The van der Waals surface area contributed by atoms with Gasteiger partial charge in [0.25, 0.3) is 0 Å². The molecule has 1 aromatic carbocycles. The standard InChI is InChI=1S/C22H28N4O2/c1-4-15(2)14-28-22(27)17(13-23)20-21(26-11-9-16(3)10-12-26)25-19-8-6-5-7-18(19)24-20/h5-8,15-17H,4,9-12,14H2,1-3H3/t15-,17-/m1/s1. The number of nitriles is 1. The summed E-state index contributed by atoms with van der Waals surface area (Å²) in [7, 11) is 0. The summed E-state index contributed by atoms with van der Waals surface area (Å²) in [6.07, 6.45) is 3.03. The number of nitrogens with zero attached hydrogens (tertiary/aromatic N) is 4. The molecular weight excluding hydrogens is 352 g/mol. The second-order valence-electron chi connectivity index (χ2n) is 7.80. The van der Waals surface area contributed by atoms with Crippen molar-refractivity contribution in [3.05, 3.63) is 30.0 Å². The first kappa shape index (κ1) is 20.1. The third-order valence-electron chi connectivity index (χ3n) is 5.51. The number of rotatable bonds is 6. The van der Waals surface area contributed by atoms with E-state index >= 15 is 0 Å². The third kappa shape index (κ3) is 4.41. The number of aromatic nitrogens is 2. The van der Waals surface area contributed by atoms with Crippen LogP contribution in [-0.2, 0) is 9.53 Å². The first-order chi connectivity index (χ1) is 13.5. The molecule has 3 rings (SSSR count). The van der Waals surface area contributed by atoms with Gasteiger partial charge in [-0.25, -0.2) is 9.97 Å². The van der Waals surface area contributed by atoms with Crippen LogP contribution in [0.25, 0.3) is 11.0 Å². The largest absolute Gasteiger partial charge is 0.464 e. The number of carbonyl (C=O) groups is 1. The number of fused-ring (bicyclic) bond motifs is 1. The zero-order valence-electron chi connectivity index (χ0n) is 16.9. The van der Waals surface area contributed by atoms with E-state index in [2.05, 4.69) is 22.9 Å². The third-order valence-corrected chi connectivity index (χ3v) is 5.51. The minimum atomic E-state index is -1.07. The summed E-state index contributed by atoms with van der Waals surface area (Å²) >= 11 is 0. The average molecular weight is 380 g/mol. The molecule has 1 aliphatic heterocycles. The van der Waals surface area contributed by atoms with E-state index in [9.17, 15) is 10.1 Å². The molecule has 0 bridgehead atoms. The molecular formula is C22H28N4O2. The van der Waals surface area contributed by atoms with Crippen molar-refractivity contribution in [1.82, 2.24) is 9.97 Å². The maximum Gasteiger partial charge on any atom is 0.329 e. The minimum Gasteiger partial charge on any atom is -0.464 e. The van der Waals surface area contributed by atoms with E-state index < -0.39 is 11.9 Å². The van der Waals surface area contributed by atoms with Crippen LogP contribution in [0.15, 0.2) is 24.3 Å². The average Bonchev–Trinajstić information content (AvgIpc) is 2.72. The normalized spacial score (nSPS) is 17.1. The molecule has 1 saturated heterocycles. The zero-order valence-corrected chi connectivity index (χ0v) is 16.9. The Balaban J connectivity index is 1.97. The van der Waals surface area contributed by atoms with Gasteiger partial charge in [0, 0.05) is 13.1 Å². The Bertz CT molecular complexity index is 868. The lowest BCUT2D eigenvalue weighted by Gasteiger charge is -2.32.